The molecule has 1 heterocycles. The number of imide groups is 1. The third kappa shape index (κ3) is 2.24. The van der Waals surface area contributed by atoms with Gasteiger partial charge in [-0.2, -0.15) is 0 Å². The minimum absolute atomic E-state index is 0.120. The average molecular weight is 291 g/mol. The minimum Gasteiger partial charge on any atom is -0.398 e. The molecule has 5 nitrogen and oxygen atoms in total. The minimum atomic E-state index is -0.782. The predicted octanol–water partition coefficient (Wildman–Crippen LogP) is 2.16. The highest BCUT2D eigenvalue weighted by Crippen LogP contribution is 2.34. The Morgan fingerprint density at radius 1 is 1.24 bits per heavy atom. The zero-order valence-electron chi connectivity index (χ0n) is 11.7. The molecule has 2 aliphatic rings. The van der Waals surface area contributed by atoms with Crippen molar-refractivity contribution >= 4 is 17.6 Å². The van der Waals surface area contributed by atoms with Crippen LogP contribution in [0.3, 0.4) is 0 Å². The van der Waals surface area contributed by atoms with Gasteiger partial charge >= 0.3 is 6.03 Å². The lowest BCUT2D eigenvalue weighted by atomic mass is 9.82. The Kier molecular flexibility index (Phi) is 3.31. The van der Waals surface area contributed by atoms with E-state index < -0.39 is 17.4 Å². The lowest BCUT2D eigenvalue weighted by Gasteiger charge is -2.30. The summed E-state index contributed by atoms with van der Waals surface area (Å²) in [5, 5.41) is 2.80. The molecule has 1 spiro atoms. The molecule has 0 bridgehead atoms. The molecule has 3 amide bonds. The molecule has 1 saturated carbocycles. The lowest BCUT2D eigenvalue weighted by molar-refractivity contribution is -0.132. The largest absolute Gasteiger partial charge is 0.398 e. The first-order valence-electron chi connectivity index (χ1n) is 7.20. The van der Waals surface area contributed by atoms with Gasteiger partial charge in [0.25, 0.3) is 5.91 Å². The third-order valence-corrected chi connectivity index (χ3v) is 4.42. The number of carbonyl (C=O) groups excluding carboxylic acids is 2. The zero-order valence-corrected chi connectivity index (χ0v) is 11.7. The number of hydrogen-bond acceptors (Lipinski definition) is 3. The van der Waals surface area contributed by atoms with Crippen molar-refractivity contribution in [2.45, 2.75) is 44.2 Å². The first-order valence-corrected chi connectivity index (χ1v) is 7.20. The number of nitrogen functional groups attached to an aromatic ring is 1. The molecule has 3 N–H and O–H groups in total. The number of carbonyl (C=O) groups is 2. The summed E-state index contributed by atoms with van der Waals surface area (Å²) in [5.41, 5.74) is 5.41. The van der Waals surface area contributed by atoms with Crippen molar-refractivity contribution in [1.82, 2.24) is 10.2 Å². The zero-order chi connectivity index (χ0) is 15.0. The van der Waals surface area contributed by atoms with E-state index in [0.717, 1.165) is 24.2 Å². The fraction of sp³-hybridized carbons (Fsp3) is 0.467. The normalized spacial score (nSPS) is 20.9. The van der Waals surface area contributed by atoms with Crippen LogP contribution in [0.1, 0.15) is 37.7 Å². The van der Waals surface area contributed by atoms with Gasteiger partial charge in [0.15, 0.2) is 0 Å². The van der Waals surface area contributed by atoms with Gasteiger partial charge in [-0.05, 0) is 25.0 Å². The van der Waals surface area contributed by atoms with Crippen molar-refractivity contribution in [3.8, 4) is 0 Å². The highest BCUT2D eigenvalue weighted by Gasteiger charge is 2.51. The number of urea groups is 1. The maximum Gasteiger partial charge on any atom is 0.325 e. The van der Waals surface area contributed by atoms with Gasteiger partial charge in [-0.3, -0.25) is 9.69 Å². The van der Waals surface area contributed by atoms with Crippen LogP contribution in [0.5, 0.6) is 0 Å². The Bertz CT molecular complexity index is 576. The first kappa shape index (κ1) is 13.9. The number of halogens is 1. The van der Waals surface area contributed by atoms with Crippen LogP contribution < -0.4 is 11.1 Å². The van der Waals surface area contributed by atoms with Crippen molar-refractivity contribution in [3.63, 3.8) is 0 Å². The van der Waals surface area contributed by atoms with Gasteiger partial charge in [0.2, 0.25) is 0 Å². The van der Waals surface area contributed by atoms with E-state index in [1.807, 2.05) is 0 Å². The highest BCUT2D eigenvalue weighted by molar-refractivity contribution is 6.07. The van der Waals surface area contributed by atoms with Gasteiger partial charge in [0, 0.05) is 11.3 Å². The smallest absolute Gasteiger partial charge is 0.325 e. The molecule has 0 aromatic heterocycles. The molecular weight excluding hydrogens is 273 g/mol. The van der Waals surface area contributed by atoms with E-state index in [0.29, 0.717) is 12.8 Å². The molecule has 21 heavy (non-hydrogen) atoms. The van der Waals surface area contributed by atoms with Crippen molar-refractivity contribution in [2.24, 2.45) is 0 Å². The molecule has 1 aliphatic carbocycles. The standard InChI is InChI=1S/C15H18FN3O2/c16-11-5-4-6-12(17)10(11)9-19-13(20)15(18-14(19)21)7-2-1-3-8-15/h4-6H,1-3,7-9,17H2,(H,18,21). The monoisotopic (exact) mass is 291 g/mol. The molecule has 1 aromatic rings. The molecule has 0 atom stereocenters. The maximum atomic E-state index is 13.8. The fourth-order valence-electron chi connectivity index (χ4n) is 3.21. The van der Waals surface area contributed by atoms with E-state index in [4.69, 9.17) is 5.73 Å². The first-order chi connectivity index (χ1) is 10.0. The van der Waals surface area contributed by atoms with Crippen LogP contribution in [-0.4, -0.2) is 22.4 Å². The number of hydrogen-bond donors (Lipinski definition) is 2. The molecule has 1 aromatic carbocycles. The van der Waals surface area contributed by atoms with Gasteiger partial charge in [0.05, 0.1) is 6.54 Å². The highest BCUT2D eigenvalue weighted by atomic mass is 19.1. The fourth-order valence-corrected chi connectivity index (χ4v) is 3.21. The van der Waals surface area contributed by atoms with Gasteiger partial charge in [0.1, 0.15) is 11.4 Å². The second-order valence-corrected chi connectivity index (χ2v) is 5.77. The molecule has 2 fully saturated rings. The molecule has 6 heteroatoms. The second-order valence-electron chi connectivity index (χ2n) is 5.77. The topological polar surface area (TPSA) is 75.4 Å². The van der Waals surface area contributed by atoms with Crippen LogP contribution in [-0.2, 0) is 11.3 Å². The maximum absolute atomic E-state index is 13.8. The number of rotatable bonds is 2. The van der Waals surface area contributed by atoms with E-state index >= 15 is 0 Å². The summed E-state index contributed by atoms with van der Waals surface area (Å²) in [6, 6.07) is 3.89. The summed E-state index contributed by atoms with van der Waals surface area (Å²) < 4.78 is 13.8. The summed E-state index contributed by atoms with van der Waals surface area (Å²) in [7, 11) is 0. The SMILES string of the molecule is Nc1cccc(F)c1CN1C(=O)NC2(CCCCC2)C1=O. The van der Waals surface area contributed by atoms with Gasteiger partial charge in [-0.15, -0.1) is 0 Å². The summed E-state index contributed by atoms with van der Waals surface area (Å²) in [4.78, 5) is 25.8. The van der Waals surface area contributed by atoms with Crippen molar-refractivity contribution in [3.05, 3.63) is 29.6 Å². The van der Waals surface area contributed by atoms with Crippen molar-refractivity contribution < 1.29 is 14.0 Å². The average Bonchev–Trinajstić information content (AvgIpc) is 2.67. The summed E-state index contributed by atoms with van der Waals surface area (Å²) in [5.74, 6) is -0.755. The molecule has 0 unspecified atom stereocenters. The second kappa shape index (κ2) is 5.02. The van der Waals surface area contributed by atoms with Crippen LogP contribution >= 0.6 is 0 Å². The lowest BCUT2D eigenvalue weighted by Crippen LogP contribution is -2.48. The van der Waals surface area contributed by atoms with Crippen LogP contribution in [0.4, 0.5) is 14.9 Å². The Balaban J connectivity index is 1.86. The molecule has 112 valence electrons. The third-order valence-electron chi connectivity index (χ3n) is 4.42. The van der Waals surface area contributed by atoms with Gasteiger partial charge < -0.3 is 11.1 Å². The number of nitrogens with one attached hydrogen (secondary N) is 1. The van der Waals surface area contributed by atoms with Gasteiger partial charge in [-0.1, -0.05) is 25.3 Å². The molecule has 1 saturated heterocycles. The van der Waals surface area contributed by atoms with E-state index in [1.54, 1.807) is 6.07 Å². The molecule has 1 aliphatic heterocycles. The Morgan fingerprint density at radius 3 is 2.62 bits per heavy atom. The van der Waals surface area contributed by atoms with Crippen molar-refractivity contribution in [2.75, 3.05) is 5.73 Å². The molecule has 3 rings (SSSR count). The van der Waals surface area contributed by atoms with E-state index in [1.165, 1.54) is 12.1 Å². The number of nitrogens with zero attached hydrogens (tertiary/aromatic N) is 1. The van der Waals surface area contributed by atoms with Crippen LogP contribution in [0.2, 0.25) is 0 Å². The number of nitrogens with two attached hydrogens (primary N) is 1. The summed E-state index contributed by atoms with van der Waals surface area (Å²) >= 11 is 0. The number of amides is 3. The van der Waals surface area contributed by atoms with E-state index in [-0.39, 0.29) is 23.7 Å². The Labute approximate surface area is 122 Å². The van der Waals surface area contributed by atoms with E-state index in [9.17, 15) is 14.0 Å². The number of benzene rings is 1. The molecule has 0 radical (unpaired) electrons. The summed E-state index contributed by atoms with van der Waals surface area (Å²) in [6.45, 7) is -0.120. The van der Waals surface area contributed by atoms with Gasteiger partial charge in [-0.25, -0.2) is 9.18 Å². The number of anilines is 1. The Hall–Kier alpha value is -2.11. The van der Waals surface area contributed by atoms with E-state index in [2.05, 4.69) is 5.32 Å². The van der Waals surface area contributed by atoms with Crippen LogP contribution in [0.15, 0.2) is 18.2 Å². The van der Waals surface area contributed by atoms with Crippen LogP contribution in [0.25, 0.3) is 0 Å². The quantitative estimate of drug-likeness (QED) is 0.647. The molecular formula is C15H18FN3O2. The predicted molar refractivity (Wildman–Crippen MR) is 75.7 cm³/mol. The Morgan fingerprint density at radius 2 is 1.95 bits per heavy atom. The van der Waals surface area contributed by atoms with Crippen molar-refractivity contribution in [1.29, 1.82) is 0 Å². The summed E-state index contributed by atoms with van der Waals surface area (Å²) in [6.07, 6.45) is 4.22. The van der Waals surface area contributed by atoms with Crippen LogP contribution in [0, 0.1) is 5.82 Å².